The molecule has 0 unspecified atom stereocenters. The van der Waals surface area contributed by atoms with Crippen molar-refractivity contribution in [3.8, 4) is 0 Å². The van der Waals surface area contributed by atoms with Crippen molar-refractivity contribution in [1.82, 2.24) is 19.6 Å². The molecule has 0 amide bonds. The van der Waals surface area contributed by atoms with Crippen molar-refractivity contribution in [2.24, 2.45) is 0 Å². The molecule has 6 heteroatoms. The second-order valence-electron chi connectivity index (χ2n) is 3.82. The average Bonchev–Trinajstić information content (AvgIpc) is 2.83. The number of hydrogen-bond acceptors (Lipinski definition) is 5. The van der Waals surface area contributed by atoms with Crippen LogP contribution in [0.3, 0.4) is 0 Å². The van der Waals surface area contributed by atoms with E-state index in [1.807, 2.05) is 10.7 Å². The van der Waals surface area contributed by atoms with E-state index in [2.05, 4.69) is 36.0 Å². The lowest BCUT2D eigenvalue weighted by Gasteiger charge is -1.98. The third-order valence-electron chi connectivity index (χ3n) is 2.82. The first-order valence-electron chi connectivity index (χ1n) is 5.44. The highest BCUT2D eigenvalue weighted by molar-refractivity contribution is 7.99. The van der Waals surface area contributed by atoms with Crippen LogP contribution < -0.4 is 0 Å². The molecule has 3 aromatic rings. The first-order chi connectivity index (χ1) is 8.22. The number of aromatic nitrogens is 4. The highest BCUT2D eigenvalue weighted by Crippen LogP contribution is 2.31. The molecule has 0 atom stereocenters. The molecule has 0 aliphatic carbocycles. The summed E-state index contributed by atoms with van der Waals surface area (Å²) >= 11 is 3.40. The normalized spacial score (nSPS) is 11.7. The maximum Gasteiger partial charge on any atom is 0.196 e. The molecule has 3 aromatic heterocycles. The molecule has 0 spiro atoms. The minimum absolute atomic E-state index is 0.917. The standard InChI is InChI=1S/C11H12N4S2/c1-4-16-11-14-13-9-8-6(2)7(3)17-10(8)12-5-15(9)11/h5H,4H2,1-3H3. The number of hydrogen-bond donors (Lipinski definition) is 0. The monoisotopic (exact) mass is 264 g/mol. The summed E-state index contributed by atoms with van der Waals surface area (Å²) < 4.78 is 1.98. The molecule has 0 aliphatic heterocycles. The Balaban J connectivity index is 2.40. The van der Waals surface area contributed by atoms with E-state index in [0.29, 0.717) is 0 Å². The summed E-state index contributed by atoms with van der Waals surface area (Å²) in [6, 6.07) is 0. The van der Waals surface area contributed by atoms with Gasteiger partial charge in [0.15, 0.2) is 10.8 Å². The van der Waals surface area contributed by atoms with Crippen LogP contribution in [-0.2, 0) is 0 Å². The smallest absolute Gasteiger partial charge is 0.196 e. The summed E-state index contributed by atoms with van der Waals surface area (Å²) in [6.07, 6.45) is 1.82. The predicted octanol–water partition coefficient (Wildman–Crippen LogP) is 3.07. The van der Waals surface area contributed by atoms with Crippen LogP contribution in [0.25, 0.3) is 15.9 Å². The van der Waals surface area contributed by atoms with Crippen LogP contribution in [0.4, 0.5) is 0 Å². The van der Waals surface area contributed by atoms with Gasteiger partial charge in [-0.3, -0.25) is 4.40 Å². The number of thioether (sulfide) groups is 1. The Labute approximate surface area is 107 Å². The minimum Gasteiger partial charge on any atom is -0.260 e. The topological polar surface area (TPSA) is 43.1 Å². The fraction of sp³-hybridized carbons (Fsp3) is 0.364. The Bertz CT molecular complexity index is 698. The second kappa shape index (κ2) is 3.96. The Morgan fingerprint density at radius 1 is 1.35 bits per heavy atom. The molecule has 0 bridgehead atoms. The van der Waals surface area contributed by atoms with Gasteiger partial charge >= 0.3 is 0 Å². The van der Waals surface area contributed by atoms with Crippen molar-refractivity contribution >= 4 is 39.0 Å². The van der Waals surface area contributed by atoms with Crippen LogP contribution in [0, 0.1) is 13.8 Å². The van der Waals surface area contributed by atoms with Gasteiger partial charge in [0, 0.05) is 4.88 Å². The Morgan fingerprint density at radius 2 is 2.18 bits per heavy atom. The second-order valence-corrected chi connectivity index (χ2v) is 6.25. The molecule has 88 valence electrons. The van der Waals surface area contributed by atoms with E-state index in [4.69, 9.17) is 0 Å². The van der Waals surface area contributed by atoms with Gasteiger partial charge in [0.2, 0.25) is 0 Å². The third kappa shape index (κ3) is 1.55. The van der Waals surface area contributed by atoms with Crippen LogP contribution in [0.2, 0.25) is 0 Å². The Kier molecular flexibility index (Phi) is 2.56. The van der Waals surface area contributed by atoms with E-state index >= 15 is 0 Å². The summed E-state index contributed by atoms with van der Waals surface area (Å²) in [7, 11) is 0. The van der Waals surface area contributed by atoms with Crippen molar-refractivity contribution in [3.05, 3.63) is 16.8 Å². The fourth-order valence-corrected chi connectivity index (χ4v) is 3.47. The minimum atomic E-state index is 0.917. The molecule has 0 aromatic carbocycles. The molecule has 0 N–H and O–H groups in total. The van der Waals surface area contributed by atoms with E-state index in [1.54, 1.807) is 23.1 Å². The zero-order valence-corrected chi connectivity index (χ0v) is 11.5. The number of rotatable bonds is 2. The summed E-state index contributed by atoms with van der Waals surface area (Å²) in [5, 5.41) is 10.6. The van der Waals surface area contributed by atoms with Crippen molar-refractivity contribution in [1.29, 1.82) is 0 Å². The summed E-state index contributed by atoms with van der Waals surface area (Å²) in [5.74, 6) is 0.987. The lowest BCUT2D eigenvalue weighted by Crippen LogP contribution is -1.90. The quantitative estimate of drug-likeness (QED) is 0.667. The van der Waals surface area contributed by atoms with Gasteiger partial charge in [-0.1, -0.05) is 18.7 Å². The highest BCUT2D eigenvalue weighted by atomic mass is 32.2. The van der Waals surface area contributed by atoms with Gasteiger partial charge in [0.25, 0.3) is 0 Å². The summed E-state index contributed by atoms with van der Waals surface area (Å²) in [6.45, 7) is 6.35. The van der Waals surface area contributed by atoms with Gasteiger partial charge in [0.05, 0.1) is 5.39 Å². The van der Waals surface area contributed by atoms with Gasteiger partial charge in [-0.25, -0.2) is 4.98 Å². The predicted molar refractivity (Wildman–Crippen MR) is 72.0 cm³/mol. The number of aryl methyl sites for hydroxylation is 2. The maximum atomic E-state index is 4.49. The van der Waals surface area contributed by atoms with E-state index in [0.717, 1.165) is 26.8 Å². The summed E-state index contributed by atoms with van der Waals surface area (Å²) in [4.78, 5) is 6.84. The van der Waals surface area contributed by atoms with Crippen molar-refractivity contribution in [2.75, 3.05) is 5.75 Å². The molecular formula is C11H12N4S2. The van der Waals surface area contributed by atoms with E-state index < -0.39 is 0 Å². The Hall–Kier alpha value is -1.14. The molecule has 3 rings (SSSR count). The largest absolute Gasteiger partial charge is 0.260 e. The summed E-state index contributed by atoms with van der Waals surface area (Å²) in [5.41, 5.74) is 2.19. The first-order valence-corrected chi connectivity index (χ1v) is 7.24. The van der Waals surface area contributed by atoms with Gasteiger partial charge in [0.1, 0.15) is 11.2 Å². The van der Waals surface area contributed by atoms with Gasteiger partial charge < -0.3 is 0 Å². The molecular weight excluding hydrogens is 252 g/mol. The van der Waals surface area contributed by atoms with Gasteiger partial charge in [-0.05, 0) is 25.2 Å². The lowest BCUT2D eigenvalue weighted by atomic mass is 10.2. The number of thiophene rings is 1. The molecule has 0 radical (unpaired) electrons. The zero-order chi connectivity index (χ0) is 12.0. The van der Waals surface area contributed by atoms with Crippen molar-refractivity contribution in [2.45, 2.75) is 25.9 Å². The van der Waals surface area contributed by atoms with Crippen molar-refractivity contribution < 1.29 is 0 Å². The first kappa shape index (κ1) is 11.0. The average molecular weight is 264 g/mol. The maximum absolute atomic E-state index is 4.49. The zero-order valence-electron chi connectivity index (χ0n) is 9.89. The van der Waals surface area contributed by atoms with Gasteiger partial charge in [-0.15, -0.1) is 21.5 Å². The molecule has 0 aliphatic rings. The lowest BCUT2D eigenvalue weighted by molar-refractivity contribution is 0.908. The molecule has 4 nitrogen and oxygen atoms in total. The van der Waals surface area contributed by atoms with E-state index in [-0.39, 0.29) is 0 Å². The van der Waals surface area contributed by atoms with Crippen LogP contribution in [-0.4, -0.2) is 25.3 Å². The van der Waals surface area contributed by atoms with Crippen LogP contribution in [0.15, 0.2) is 11.5 Å². The van der Waals surface area contributed by atoms with E-state index in [1.165, 1.54) is 10.4 Å². The molecule has 0 saturated carbocycles. The molecule has 3 heterocycles. The van der Waals surface area contributed by atoms with Crippen molar-refractivity contribution in [3.63, 3.8) is 0 Å². The van der Waals surface area contributed by atoms with E-state index in [9.17, 15) is 0 Å². The fourth-order valence-electron chi connectivity index (χ4n) is 1.85. The number of fused-ring (bicyclic) bond motifs is 3. The molecule has 0 saturated heterocycles. The number of nitrogens with zero attached hydrogens (tertiary/aromatic N) is 4. The SMILES string of the molecule is CCSc1nnc2c3c(C)c(C)sc3ncn12. The molecule has 0 fully saturated rings. The highest BCUT2D eigenvalue weighted by Gasteiger charge is 2.14. The van der Waals surface area contributed by atoms with Crippen LogP contribution in [0.1, 0.15) is 17.4 Å². The third-order valence-corrected chi connectivity index (χ3v) is 4.76. The van der Waals surface area contributed by atoms with Gasteiger partial charge in [-0.2, -0.15) is 0 Å². The molecule has 17 heavy (non-hydrogen) atoms. The van der Waals surface area contributed by atoms with Crippen LogP contribution >= 0.6 is 23.1 Å². The van der Waals surface area contributed by atoms with Crippen LogP contribution in [0.5, 0.6) is 0 Å². The Morgan fingerprint density at radius 3 is 2.94 bits per heavy atom.